The van der Waals surface area contributed by atoms with Crippen LogP contribution in [-0.4, -0.2) is 0 Å². The van der Waals surface area contributed by atoms with Gasteiger partial charge in [0.25, 0.3) is 0 Å². The lowest BCUT2D eigenvalue weighted by molar-refractivity contribution is 0.550. The lowest BCUT2D eigenvalue weighted by Gasteiger charge is -2.32. The Morgan fingerprint density at radius 3 is 1.16 bits per heavy atom. The maximum Gasteiger partial charge on any atom is 0.0887 e. The van der Waals surface area contributed by atoms with Crippen LogP contribution in [0.25, 0.3) is 22.3 Å². The van der Waals surface area contributed by atoms with Gasteiger partial charge in [-0.05, 0) is 131 Å². The summed E-state index contributed by atoms with van der Waals surface area (Å²) in [4.78, 5) is 4.70. The summed E-state index contributed by atoms with van der Waals surface area (Å²) < 4.78 is 0. The van der Waals surface area contributed by atoms with E-state index in [1.54, 1.807) is 0 Å². The molecule has 0 atom stereocenters. The molecular weight excluding hydrogens is 688 g/mol. The lowest BCUT2D eigenvalue weighted by Crippen LogP contribution is -2.20. The Balaban J connectivity index is 1.08. The fraction of sp³-hybridized carbons (Fsp3) is 0.192. The zero-order valence-corrected chi connectivity index (χ0v) is 31.8. The van der Waals surface area contributed by atoms with Gasteiger partial charge in [-0.1, -0.05) is 140 Å². The zero-order chi connectivity index (χ0) is 36.6. The van der Waals surface area contributed by atoms with Gasteiger partial charge in [0.1, 0.15) is 0 Å². The summed E-state index contributed by atoms with van der Waals surface area (Å²) in [6.07, 6.45) is 10.0. The summed E-state index contributed by atoms with van der Waals surface area (Å²) in [5.74, 6) is 0. The van der Waals surface area contributed by atoms with Gasteiger partial charge in [0.05, 0.1) is 16.4 Å². The van der Waals surface area contributed by atoms with Crippen molar-refractivity contribution in [2.24, 2.45) is 0 Å². The van der Waals surface area contributed by atoms with Crippen molar-refractivity contribution < 1.29 is 0 Å². The van der Waals surface area contributed by atoms with E-state index in [0.29, 0.717) is 5.02 Å². The standard InChI is InChI=1S/C52H43ClN2/c53-50-48(54(36-16-3-1-4-17-36)38-26-28-46-42(34-38)40-20-7-9-22-44(40)51(46)30-11-12-31-51)24-15-25-49(50)55(37-18-5-2-6-19-37)39-27-29-47-43(35-39)41-21-8-10-23-45(41)52(47)32-13-14-33-52/h1-10,15-29,34-35H,11-14,30-33H2. The molecule has 268 valence electrons. The monoisotopic (exact) mass is 730 g/mol. The van der Waals surface area contributed by atoms with Crippen molar-refractivity contribution in [2.45, 2.75) is 62.2 Å². The third kappa shape index (κ3) is 4.87. The Hall–Kier alpha value is -5.57. The minimum absolute atomic E-state index is 0.129. The topological polar surface area (TPSA) is 6.48 Å². The van der Waals surface area contributed by atoms with E-state index in [1.165, 1.54) is 95.9 Å². The molecule has 2 saturated carbocycles. The Morgan fingerprint density at radius 2 is 0.727 bits per heavy atom. The minimum atomic E-state index is 0.129. The lowest BCUT2D eigenvalue weighted by atomic mass is 9.77. The van der Waals surface area contributed by atoms with Crippen molar-refractivity contribution in [3.05, 3.63) is 191 Å². The number of benzene rings is 7. The van der Waals surface area contributed by atoms with E-state index >= 15 is 0 Å². The molecule has 0 N–H and O–H groups in total. The van der Waals surface area contributed by atoms with Crippen LogP contribution in [0.1, 0.15) is 73.6 Å². The van der Waals surface area contributed by atoms with Gasteiger partial charge in [0.15, 0.2) is 0 Å². The van der Waals surface area contributed by atoms with Gasteiger partial charge in [0.2, 0.25) is 0 Å². The van der Waals surface area contributed by atoms with Gasteiger partial charge in [-0.15, -0.1) is 0 Å². The molecule has 0 bridgehead atoms. The molecule has 0 amide bonds. The van der Waals surface area contributed by atoms with Crippen LogP contribution in [0.3, 0.4) is 0 Å². The van der Waals surface area contributed by atoms with Crippen LogP contribution in [0.2, 0.25) is 5.02 Å². The minimum Gasteiger partial charge on any atom is -0.309 e. The number of para-hydroxylation sites is 2. The fourth-order valence-electron chi connectivity index (χ4n) is 11.1. The molecule has 0 radical (unpaired) electrons. The normalized spacial score (nSPS) is 16.5. The molecule has 3 heteroatoms. The second kappa shape index (κ2) is 12.8. The number of hydrogen-bond donors (Lipinski definition) is 0. The second-order valence-electron chi connectivity index (χ2n) is 16.1. The van der Waals surface area contributed by atoms with Crippen molar-refractivity contribution >= 4 is 45.7 Å². The molecule has 0 unspecified atom stereocenters. The molecule has 4 aliphatic carbocycles. The number of nitrogens with zero attached hydrogens (tertiary/aromatic N) is 2. The average Bonchev–Trinajstić information content (AvgIpc) is 4.05. The van der Waals surface area contributed by atoms with Crippen molar-refractivity contribution in [1.29, 1.82) is 0 Å². The highest BCUT2D eigenvalue weighted by Gasteiger charge is 2.46. The van der Waals surface area contributed by atoms with Gasteiger partial charge in [0, 0.05) is 33.6 Å². The number of anilines is 6. The average molecular weight is 731 g/mol. The van der Waals surface area contributed by atoms with E-state index in [9.17, 15) is 0 Å². The predicted octanol–water partition coefficient (Wildman–Crippen LogP) is 15.0. The molecule has 2 fully saturated rings. The summed E-state index contributed by atoms with van der Waals surface area (Å²) in [5, 5.41) is 0.705. The highest BCUT2D eigenvalue weighted by Crippen LogP contribution is 2.60. The van der Waals surface area contributed by atoms with Crippen LogP contribution >= 0.6 is 11.6 Å². The van der Waals surface area contributed by atoms with E-state index < -0.39 is 0 Å². The fourth-order valence-corrected chi connectivity index (χ4v) is 11.4. The molecule has 0 aromatic heterocycles. The first-order valence-electron chi connectivity index (χ1n) is 20.1. The molecule has 11 rings (SSSR count). The second-order valence-corrected chi connectivity index (χ2v) is 16.5. The van der Waals surface area contributed by atoms with Crippen LogP contribution in [0.15, 0.2) is 164 Å². The molecule has 7 aromatic rings. The van der Waals surface area contributed by atoms with E-state index in [-0.39, 0.29) is 10.8 Å². The van der Waals surface area contributed by atoms with Crippen LogP contribution in [0.4, 0.5) is 34.1 Å². The number of hydrogen-bond acceptors (Lipinski definition) is 2. The highest BCUT2D eigenvalue weighted by atomic mass is 35.5. The van der Waals surface area contributed by atoms with Crippen molar-refractivity contribution in [2.75, 3.05) is 9.80 Å². The third-order valence-electron chi connectivity index (χ3n) is 13.4. The summed E-state index contributed by atoms with van der Waals surface area (Å²) >= 11 is 7.81. The van der Waals surface area contributed by atoms with Gasteiger partial charge in [-0.3, -0.25) is 0 Å². The van der Waals surface area contributed by atoms with Crippen LogP contribution < -0.4 is 9.80 Å². The summed E-state index contributed by atoms with van der Waals surface area (Å²) in [5.41, 5.74) is 17.9. The summed E-state index contributed by atoms with van der Waals surface area (Å²) in [6.45, 7) is 0. The molecule has 2 spiro atoms. The van der Waals surface area contributed by atoms with E-state index in [0.717, 1.165) is 34.1 Å². The van der Waals surface area contributed by atoms with Gasteiger partial charge in [-0.2, -0.15) is 0 Å². The van der Waals surface area contributed by atoms with Gasteiger partial charge >= 0.3 is 0 Å². The molecule has 2 nitrogen and oxygen atoms in total. The van der Waals surface area contributed by atoms with Gasteiger partial charge in [-0.25, -0.2) is 0 Å². The molecule has 55 heavy (non-hydrogen) atoms. The Kier molecular flexibility index (Phi) is 7.61. The Morgan fingerprint density at radius 1 is 0.345 bits per heavy atom. The van der Waals surface area contributed by atoms with Crippen molar-refractivity contribution in [3.63, 3.8) is 0 Å². The highest BCUT2D eigenvalue weighted by molar-refractivity contribution is 6.36. The predicted molar refractivity (Wildman–Crippen MR) is 230 cm³/mol. The van der Waals surface area contributed by atoms with Crippen molar-refractivity contribution in [1.82, 2.24) is 0 Å². The Labute approximate surface area is 329 Å². The van der Waals surface area contributed by atoms with E-state index in [2.05, 4.69) is 174 Å². The van der Waals surface area contributed by atoms with Crippen LogP contribution in [0.5, 0.6) is 0 Å². The summed E-state index contributed by atoms with van der Waals surface area (Å²) in [6, 6.07) is 60.5. The quantitative estimate of drug-likeness (QED) is 0.168. The molecule has 7 aromatic carbocycles. The Bertz CT molecular complexity index is 2400. The largest absolute Gasteiger partial charge is 0.309 e. The molecular formula is C52H43ClN2. The van der Waals surface area contributed by atoms with Crippen LogP contribution in [0, 0.1) is 0 Å². The van der Waals surface area contributed by atoms with Gasteiger partial charge < -0.3 is 9.80 Å². The number of fused-ring (bicyclic) bond motifs is 10. The van der Waals surface area contributed by atoms with E-state index in [4.69, 9.17) is 11.6 Å². The molecule has 4 aliphatic rings. The summed E-state index contributed by atoms with van der Waals surface area (Å²) in [7, 11) is 0. The zero-order valence-electron chi connectivity index (χ0n) is 31.0. The molecule has 0 heterocycles. The van der Waals surface area contributed by atoms with Crippen LogP contribution in [-0.2, 0) is 10.8 Å². The first-order chi connectivity index (χ1) is 27.2. The first-order valence-corrected chi connectivity index (χ1v) is 20.5. The third-order valence-corrected chi connectivity index (χ3v) is 13.8. The first kappa shape index (κ1) is 32.8. The maximum atomic E-state index is 7.81. The SMILES string of the molecule is Clc1c(N(c2ccccc2)c2ccc3c(c2)-c2ccccc2C32CCCC2)cccc1N(c1ccccc1)c1ccc2c(c1)-c1ccccc1C21CCCC1. The number of rotatable bonds is 6. The number of halogens is 1. The van der Waals surface area contributed by atoms with E-state index in [1.807, 2.05) is 0 Å². The molecule has 0 aliphatic heterocycles. The smallest absolute Gasteiger partial charge is 0.0887 e. The molecule has 0 saturated heterocycles. The van der Waals surface area contributed by atoms with Crippen molar-refractivity contribution in [3.8, 4) is 22.3 Å². The maximum absolute atomic E-state index is 7.81.